The molecule has 0 aromatic carbocycles. The average molecular weight is 377 g/mol. The number of amides is 3. The van der Waals surface area contributed by atoms with E-state index < -0.39 is 0 Å². The van der Waals surface area contributed by atoms with Crippen LogP contribution in [0.3, 0.4) is 0 Å². The normalized spacial score (nSPS) is 24.1. The molecule has 0 aliphatic carbocycles. The number of carbonyl (C=O) groups excluding carboxylic acids is 2. The molecule has 3 heterocycles. The zero-order chi connectivity index (χ0) is 19.2. The lowest BCUT2D eigenvalue weighted by Gasteiger charge is -2.35. The van der Waals surface area contributed by atoms with Crippen molar-refractivity contribution in [3.63, 3.8) is 0 Å². The van der Waals surface area contributed by atoms with Gasteiger partial charge in [-0.25, -0.2) is 4.79 Å². The molecule has 8 nitrogen and oxygen atoms in total. The van der Waals surface area contributed by atoms with E-state index in [1.165, 1.54) is 0 Å². The molecule has 2 aliphatic rings. The van der Waals surface area contributed by atoms with Crippen molar-refractivity contribution in [3.05, 3.63) is 24.0 Å². The van der Waals surface area contributed by atoms with Crippen LogP contribution in [0.1, 0.15) is 30.8 Å². The van der Waals surface area contributed by atoms with Crippen molar-refractivity contribution in [3.8, 4) is 0 Å². The number of hydrogen-bond donors (Lipinski definition) is 2. The lowest BCUT2D eigenvalue weighted by atomic mass is 10.2. The van der Waals surface area contributed by atoms with Crippen molar-refractivity contribution in [2.75, 3.05) is 52.4 Å². The van der Waals surface area contributed by atoms with Crippen LogP contribution in [0.15, 0.2) is 18.3 Å². The van der Waals surface area contributed by atoms with Gasteiger partial charge in [-0.05, 0) is 32.4 Å². The third-order valence-electron chi connectivity index (χ3n) is 5.11. The summed E-state index contributed by atoms with van der Waals surface area (Å²) in [4.78, 5) is 33.6. The summed E-state index contributed by atoms with van der Waals surface area (Å²) in [6, 6.07) is 3.55. The largest absolute Gasteiger partial charge is 0.373 e. The van der Waals surface area contributed by atoms with Gasteiger partial charge in [-0.15, -0.1) is 0 Å². The fourth-order valence-corrected chi connectivity index (χ4v) is 3.82. The summed E-state index contributed by atoms with van der Waals surface area (Å²) in [5.74, 6) is -0.00553. The van der Waals surface area contributed by atoms with E-state index in [1.807, 2.05) is 6.07 Å². The van der Waals surface area contributed by atoms with E-state index in [9.17, 15) is 9.59 Å². The van der Waals surface area contributed by atoms with Gasteiger partial charge in [0.15, 0.2) is 0 Å². The van der Waals surface area contributed by atoms with Crippen LogP contribution in [0.2, 0.25) is 0 Å². The minimum absolute atomic E-state index is 0.00553. The Morgan fingerprint density at radius 1 is 1.15 bits per heavy atom. The minimum Gasteiger partial charge on any atom is -0.373 e. The number of rotatable bonds is 5. The highest BCUT2D eigenvalue weighted by molar-refractivity contribution is 5.92. The van der Waals surface area contributed by atoms with Gasteiger partial charge in [0.05, 0.1) is 12.2 Å². The zero-order valence-electron chi connectivity index (χ0n) is 16.3. The smallest absolute Gasteiger partial charge is 0.317 e. The number of carbonyl (C=O) groups is 2. The molecule has 1 aromatic heterocycles. The number of urea groups is 1. The predicted octanol–water partition coefficient (Wildman–Crippen LogP) is 0.981. The molecule has 2 aliphatic heterocycles. The molecule has 8 heteroatoms. The summed E-state index contributed by atoms with van der Waals surface area (Å²) in [5, 5.41) is 3.01. The first-order valence-electron chi connectivity index (χ1n) is 9.86. The maximum atomic E-state index is 12.3. The highest BCUT2D eigenvalue weighted by Crippen LogP contribution is 2.11. The molecule has 0 spiro atoms. The van der Waals surface area contributed by atoms with Crippen molar-refractivity contribution in [2.45, 2.75) is 32.5 Å². The van der Waals surface area contributed by atoms with Crippen LogP contribution in [-0.2, 0) is 4.74 Å². The van der Waals surface area contributed by atoms with Crippen molar-refractivity contribution in [2.24, 2.45) is 0 Å². The Morgan fingerprint density at radius 3 is 2.44 bits per heavy atom. The maximum Gasteiger partial charge on any atom is 0.317 e. The number of aromatic nitrogens is 1. The fourth-order valence-electron chi connectivity index (χ4n) is 3.82. The summed E-state index contributed by atoms with van der Waals surface area (Å²) in [6.45, 7) is 10.0. The first kappa shape index (κ1) is 19.7. The van der Waals surface area contributed by atoms with Crippen molar-refractivity contribution >= 4 is 11.9 Å². The monoisotopic (exact) mass is 377 g/mol. The second-order valence-electron chi connectivity index (χ2n) is 7.47. The Morgan fingerprint density at radius 2 is 1.81 bits per heavy atom. The second kappa shape index (κ2) is 9.23. The Balaban J connectivity index is 1.32. The van der Waals surface area contributed by atoms with Crippen LogP contribution in [0.5, 0.6) is 0 Å². The molecule has 0 bridgehead atoms. The third kappa shape index (κ3) is 5.46. The molecular formula is C19H31N5O3. The average Bonchev–Trinajstić information content (AvgIpc) is 3.18. The Labute approximate surface area is 160 Å². The lowest BCUT2D eigenvalue weighted by Crippen LogP contribution is -2.53. The summed E-state index contributed by atoms with van der Waals surface area (Å²) in [5.41, 5.74) is 0.597. The Kier molecular flexibility index (Phi) is 6.73. The molecule has 2 N–H and O–H groups in total. The lowest BCUT2D eigenvalue weighted by molar-refractivity contribution is -0.0679. The molecular weight excluding hydrogens is 346 g/mol. The SMILES string of the molecule is C[C@@H]1CN(CCCNC(=O)N2CCN(C(=O)c3ccc[nH]3)CC2)C[C@H](C)O1. The standard InChI is InChI=1S/C19H31N5O3/c1-15-13-22(14-16(2)27-15)8-4-7-21-19(26)24-11-9-23(10-12-24)18(25)17-5-3-6-20-17/h3,5-6,15-16,20H,4,7-14H2,1-2H3,(H,21,26)/t15-,16+. The first-order valence-corrected chi connectivity index (χ1v) is 9.86. The number of piperazine rings is 1. The number of nitrogens with zero attached hydrogens (tertiary/aromatic N) is 3. The summed E-state index contributed by atoms with van der Waals surface area (Å²) >= 11 is 0. The molecule has 2 saturated heterocycles. The van der Waals surface area contributed by atoms with Gasteiger partial charge < -0.3 is 24.8 Å². The molecule has 3 rings (SSSR count). The number of aromatic amines is 1. The van der Waals surface area contributed by atoms with Gasteiger partial charge in [0, 0.05) is 58.6 Å². The number of morpholine rings is 1. The molecule has 3 amide bonds. The minimum atomic E-state index is -0.0364. The van der Waals surface area contributed by atoms with Gasteiger partial charge in [0.1, 0.15) is 5.69 Å². The van der Waals surface area contributed by atoms with Gasteiger partial charge >= 0.3 is 6.03 Å². The molecule has 150 valence electrons. The van der Waals surface area contributed by atoms with Gasteiger partial charge in [-0.1, -0.05) is 0 Å². The molecule has 0 saturated carbocycles. The van der Waals surface area contributed by atoms with Crippen LogP contribution in [0, 0.1) is 0 Å². The Hall–Kier alpha value is -2.06. The zero-order valence-corrected chi connectivity index (χ0v) is 16.3. The van der Waals surface area contributed by atoms with Crippen LogP contribution in [-0.4, -0.2) is 96.2 Å². The van der Waals surface area contributed by atoms with E-state index in [2.05, 4.69) is 29.0 Å². The fraction of sp³-hybridized carbons (Fsp3) is 0.684. The van der Waals surface area contributed by atoms with E-state index in [4.69, 9.17) is 4.74 Å². The van der Waals surface area contributed by atoms with Crippen molar-refractivity contribution in [1.82, 2.24) is 25.0 Å². The molecule has 0 unspecified atom stereocenters. The summed E-state index contributed by atoms with van der Waals surface area (Å²) in [7, 11) is 0. The van der Waals surface area contributed by atoms with Gasteiger partial charge in [-0.3, -0.25) is 9.69 Å². The number of ether oxygens (including phenoxy) is 1. The molecule has 1 aromatic rings. The molecule has 27 heavy (non-hydrogen) atoms. The second-order valence-corrected chi connectivity index (χ2v) is 7.47. The first-order chi connectivity index (χ1) is 13.0. The summed E-state index contributed by atoms with van der Waals surface area (Å²) in [6.07, 6.45) is 3.22. The Bertz CT molecular complexity index is 603. The topological polar surface area (TPSA) is 80.9 Å². The van der Waals surface area contributed by atoms with Crippen LogP contribution in [0.4, 0.5) is 4.79 Å². The quantitative estimate of drug-likeness (QED) is 0.750. The summed E-state index contributed by atoms with van der Waals surface area (Å²) < 4.78 is 5.74. The maximum absolute atomic E-state index is 12.3. The highest BCUT2D eigenvalue weighted by Gasteiger charge is 2.25. The number of H-pyrrole nitrogens is 1. The van der Waals surface area contributed by atoms with Gasteiger partial charge in [0.2, 0.25) is 0 Å². The number of hydrogen-bond acceptors (Lipinski definition) is 4. The van der Waals surface area contributed by atoms with Crippen molar-refractivity contribution < 1.29 is 14.3 Å². The van der Waals surface area contributed by atoms with Crippen molar-refractivity contribution in [1.29, 1.82) is 0 Å². The number of nitrogens with one attached hydrogen (secondary N) is 2. The molecule has 0 radical (unpaired) electrons. The van der Waals surface area contributed by atoms with Crippen LogP contribution >= 0.6 is 0 Å². The van der Waals surface area contributed by atoms with E-state index >= 15 is 0 Å². The third-order valence-corrected chi connectivity index (χ3v) is 5.11. The van der Waals surface area contributed by atoms with E-state index in [-0.39, 0.29) is 24.1 Å². The highest BCUT2D eigenvalue weighted by atomic mass is 16.5. The van der Waals surface area contributed by atoms with Gasteiger partial charge in [0.25, 0.3) is 5.91 Å². The molecule has 2 atom stereocenters. The van der Waals surface area contributed by atoms with E-state index in [0.717, 1.165) is 26.1 Å². The molecule has 2 fully saturated rings. The van der Waals surface area contributed by atoms with E-state index in [1.54, 1.807) is 22.1 Å². The van der Waals surface area contributed by atoms with Crippen LogP contribution < -0.4 is 5.32 Å². The van der Waals surface area contributed by atoms with Crippen LogP contribution in [0.25, 0.3) is 0 Å². The van der Waals surface area contributed by atoms with E-state index in [0.29, 0.717) is 38.4 Å². The van der Waals surface area contributed by atoms with Gasteiger partial charge in [-0.2, -0.15) is 0 Å². The predicted molar refractivity (Wildman–Crippen MR) is 103 cm³/mol.